The molecule has 4 fully saturated rings. The van der Waals surface area contributed by atoms with Gasteiger partial charge in [0.15, 0.2) is 0 Å². The van der Waals surface area contributed by atoms with Gasteiger partial charge in [-0.3, -0.25) is 13.9 Å². The molecule has 4 aliphatic rings. The van der Waals surface area contributed by atoms with Gasteiger partial charge in [-0.25, -0.2) is 0 Å². The molecular formula is C15H24N2O2S. The number of piperidine rings is 3. The van der Waals surface area contributed by atoms with E-state index in [9.17, 15) is 9.59 Å². The zero-order chi connectivity index (χ0) is 14.3. The van der Waals surface area contributed by atoms with Gasteiger partial charge in [-0.15, -0.1) is 0 Å². The van der Waals surface area contributed by atoms with Crippen molar-refractivity contribution in [2.45, 2.75) is 45.1 Å². The van der Waals surface area contributed by atoms with Crippen LogP contribution in [0.3, 0.4) is 0 Å². The molecule has 3 heterocycles. The van der Waals surface area contributed by atoms with Gasteiger partial charge in [0.05, 0.1) is 0 Å². The van der Waals surface area contributed by atoms with E-state index in [-0.39, 0.29) is 23.7 Å². The van der Waals surface area contributed by atoms with Crippen LogP contribution in [0.2, 0.25) is 0 Å². The zero-order valence-electron chi connectivity index (χ0n) is 12.1. The quantitative estimate of drug-likeness (QED) is 0.790. The van der Waals surface area contributed by atoms with Gasteiger partial charge in [0, 0.05) is 37.5 Å². The fourth-order valence-corrected chi connectivity index (χ4v) is 4.46. The van der Waals surface area contributed by atoms with Crippen molar-refractivity contribution >= 4 is 24.5 Å². The van der Waals surface area contributed by atoms with E-state index in [4.69, 9.17) is 0 Å². The minimum atomic E-state index is 0.0939. The third-order valence-electron chi connectivity index (χ3n) is 5.40. The predicted molar refractivity (Wildman–Crippen MR) is 80.3 cm³/mol. The molecule has 4 rings (SSSR count). The van der Waals surface area contributed by atoms with Crippen molar-refractivity contribution in [2.24, 2.45) is 17.8 Å². The second-order valence-corrected chi connectivity index (χ2v) is 7.25. The number of amides is 1. The first-order valence-electron chi connectivity index (χ1n) is 7.81. The molecule has 3 saturated heterocycles. The maximum Gasteiger partial charge on any atom is 0.226 e. The highest BCUT2D eigenvalue weighted by Gasteiger charge is 2.45. The van der Waals surface area contributed by atoms with Crippen molar-refractivity contribution in [3.8, 4) is 0 Å². The summed E-state index contributed by atoms with van der Waals surface area (Å²) in [7, 11) is 0. The van der Waals surface area contributed by atoms with Gasteiger partial charge >= 0.3 is 0 Å². The molecule has 3 aliphatic heterocycles. The minimum absolute atomic E-state index is 0.0939. The molecule has 112 valence electrons. The topological polar surface area (TPSA) is 40.6 Å². The molecule has 0 aromatic heterocycles. The Bertz CT molecular complexity index is 407. The van der Waals surface area contributed by atoms with E-state index in [1.54, 1.807) is 6.92 Å². The molecule has 0 aromatic carbocycles. The van der Waals surface area contributed by atoms with E-state index in [0.29, 0.717) is 11.8 Å². The lowest BCUT2D eigenvalue weighted by molar-refractivity contribution is -0.150. The van der Waals surface area contributed by atoms with Crippen LogP contribution in [-0.2, 0) is 9.59 Å². The van der Waals surface area contributed by atoms with Gasteiger partial charge in [-0.05, 0) is 44.9 Å². The summed E-state index contributed by atoms with van der Waals surface area (Å²) in [5.74, 6) is 1.35. The third-order valence-corrected chi connectivity index (χ3v) is 5.80. The van der Waals surface area contributed by atoms with Crippen LogP contribution >= 0.6 is 12.8 Å². The van der Waals surface area contributed by atoms with Crippen molar-refractivity contribution < 1.29 is 9.59 Å². The lowest BCUT2D eigenvalue weighted by Gasteiger charge is -2.50. The molecule has 1 aliphatic carbocycles. The standard InChI is InChI=1S/C15H24N2O2S/c1-10(18)13-8-11-2-3-14(13)17(9-11)15(19)12-4-6-16(20)7-5-12/h11-14,20H,2-9H2,1H3. The normalized spacial score (nSPS) is 35.3. The largest absolute Gasteiger partial charge is 0.338 e. The van der Waals surface area contributed by atoms with Gasteiger partial charge in [-0.2, -0.15) is 0 Å². The monoisotopic (exact) mass is 296 g/mol. The number of nitrogens with zero attached hydrogens (tertiary/aromatic N) is 2. The first-order chi connectivity index (χ1) is 9.56. The van der Waals surface area contributed by atoms with Crippen LogP contribution in [0.25, 0.3) is 0 Å². The van der Waals surface area contributed by atoms with Crippen LogP contribution in [0.15, 0.2) is 0 Å². The Balaban J connectivity index is 1.70. The average molecular weight is 296 g/mol. The Morgan fingerprint density at radius 1 is 1.10 bits per heavy atom. The lowest BCUT2D eigenvalue weighted by atomic mass is 9.71. The summed E-state index contributed by atoms with van der Waals surface area (Å²) in [5.41, 5.74) is 0. The SMILES string of the molecule is CC(=O)C1CC2CCC1N(C(=O)C1CCN(S)CC1)C2. The summed E-state index contributed by atoms with van der Waals surface area (Å²) in [6.07, 6.45) is 5.01. The number of carbonyl (C=O) groups is 2. The number of ketones is 1. The number of carbonyl (C=O) groups excluding carboxylic acids is 2. The first kappa shape index (κ1) is 14.4. The highest BCUT2D eigenvalue weighted by Crippen LogP contribution is 2.40. The Kier molecular flexibility index (Phi) is 4.09. The molecule has 5 heteroatoms. The van der Waals surface area contributed by atoms with Crippen LogP contribution in [0.1, 0.15) is 39.0 Å². The van der Waals surface area contributed by atoms with Crippen molar-refractivity contribution in [2.75, 3.05) is 19.6 Å². The van der Waals surface area contributed by atoms with Crippen molar-refractivity contribution in [3.05, 3.63) is 0 Å². The van der Waals surface area contributed by atoms with E-state index >= 15 is 0 Å². The number of rotatable bonds is 2. The molecule has 3 atom stereocenters. The molecule has 4 nitrogen and oxygen atoms in total. The highest BCUT2D eigenvalue weighted by molar-refractivity contribution is 7.77. The Morgan fingerprint density at radius 3 is 2.40 bits per heavy atom. The van der Waals surface area contributed by atoms with Gasteiger partial charge in [0.2, 0.25) is 5.91 Å². The molecule has 0 N–H and O–H groups in total. The minimum Gasteiger partial charge on any atom is -0.338 e. The third kappa shape index (κ3) is 2.62. The van der Waals surface area contributed by atoms with Crippen LogP contribution in [0.4, 0.5) is 0 Å². The van der Waals surface area contributed by atoms with E-state index in [0.717, 1.165) is 45.3 Å². The van der Waals surface area contributed by atoms with Gasteiger partial charge in [0.25, 0.3) is 0 Å². The van der Waals surface area contributed by atoms with Crippen LogP contribution < -0.4 is 0 Å². The van der Waals surface area contributed by atoms with E-state index in [1.165, 1.54) is 6.42 Å². The van der Waals surface area contributed by atoms with Gasteiger partial charge in [-0.1, -0.05) is 12.8 Å². The molecule has 1 amide bonds. The number of fused-ring (bicyclic) bond motifs is 3. The van der Waals surface area contributed by atoms with Crippen molar-refractivity contribution in [1.29, 1.82) is 0 Å². The van der Waals surface area contributed by atoms with Crippen LogP contribution in [-0.4, -0.2) is 46.6 Å². The number of Topliss-reactive ketones (excluding diaryl/α,β-unsaturated/α-hetero) is 1. The second-order valence-electron chi connectivity index (χ2n) is 6.68. The summed E-state index contributed by atoms with van der Waals surface area (Å²) in [5, 5.41) is 0. The average Bonchev–Trinajstić information content (AvgIpc) is 2.47. The zero-order valence-corrected chi connectivity index (χ0v) is 13.0. The maximum absolute atomic E-state index is 12.8. The molecule has 0 spiro atoms. The van der Waals surface area contributed by atoms with E-state index < -0.39 is 0 Å². The fourth-order valence-electron chi connectivity index (χ4n) is 4.23. The van der Waals surface area contributed by atoms with Crippen LogP contribution in [0, 0.1) is 17.8 Å². The summed E-state index contributed by atoms with van der Waals surface area (Å²) in [4.78, 5) is 26.7. The summed E-state index contributed by atoms with van der Waals surface area (Å²) in [6, 6.07) is 0.180. The smallest absolute Gasteiger partial charge is 0.226 e. The summed E-state index contributed by atoms with van der Waals surface area (Å²) >= 11 is 4.35. The fraction of sp³-hybridized carbons (Fsp3) is 0.867. The van der Waals surface area contributed by atoms with Gasteiger partial charge < -0.3 is 4.90 Å². The molecule has 2 bridgehead atoms. The molecule has 0 aromatic rings. The Hall–Kier alpha value is -0.550. The molecular weight excluding hydrogens is 272 g/mol. The van der Waals surface area contributed by atoms with E-state index in [2.05, 4.69) is 17.7 Å². The first-order valence-corrected chi connectivity index (χ1v) is 8.21. The van der Waals surface area contributed by atoms with Crippen LogP contribution in [0.5, 0.6) is 0 Å². The number of thiol groups is 1. The number of hydrogen-bond donors (Lipinski definition) is 1. The maximum atomic E-state index is 12.8. The highest BCUT2D eigenvalue weighted by atomic mass is 32.1. The molecule has 3 unspecified atom stereocenters. The summed E-state index contributed by atoms with van der Waals surface area (Å²) in [6.45, 7) is 4.34. The number of hydrogen-bond acceptors (Lipinski definition) is 4. The molecule has 0 radical (unpaired) electrons. The molecule has 20 heavy (non-hydrogen) atoms. The second kappa shape index (κ2) is 5.68. The van der Waals surface area contributed by atoms with Crippen molar-refractivity contribution in [3.63, 3.8) is 0 Å². The van der Waals surface area contributed by atoms with Gasteiger partial charge in [0.1, 0.15) is 5.78 Å². The lowest BCUT2D eigenvalue weighted by Crippen LogP contribution is -2.58. The van der Waals surface area contributed by atoms with Crippen molar-refractivity contribution in [1.82, 2.24) is 9.21 Å². The summed E-state index contributed by atoms with van der Waals surface area (Å²) < 4.78 is 1.99. The molecule has 1 saturated carbocycles. The Labute approximate surface area is 126 Å². The Morgan fingerprint density at radius 2 is 1.80 bits per heavy atom. The predicted octanol–water partition coefficient (Wildman–Crippen LogP) is 1.76. The van der Waals surface area contributed by atoms with E-state index in [1.807, 2.05) is 4.31 Å².